The topological polar surface area (TPSA) is 77.2 Å². The van der Waals surface area contributed by atoms with Gasteiger partial charge in [-0.2, -0.15) is 0 Å². The number of rotatable bonds is 8. The third-order valence-electron chi connectivity index (χ3n) is 3.78. The molecule has 1 N–H and O–H groups in total. The molecule has 0 aliphatic rings. The first-order chi connectivity index (χ1) is 12.2. The normalized spacial score (nSPS) is 12.6. The first kappa shape index (κ1) is 20.0. The predicted molar refractivity (Wildman–Crippen MR) is 103 cm³/mol. The number of carboxylic acid groups (broad SMARTS) is 1. The van der Waals surface area contributed by atoms with Crippen molar-refractivity contribution in [3.8, 4) is 5.75 Å². The van der Waals surface area contributed by atoms with E-state index in [2.05, 4.69) is 49.7 Å². The Morgan fingerprint density at radius 2 is 2.00 bits per heavy atom. The van der Waals surface area contributed by atoms with Crippen molar-refractivity contribution in [1.29, 1.82) is 0 Å². The van der Waals surface area contributed by atoms with Gasteiger partial charge in [0.05, 0.1) is 5.75 Å². The molecule has 0 spiro atoms. The minimum atomic E-state index is -0.895. The molecule has 0 amide bonds. The number of hydrogen-bond donors (Lipinski definition) is 1. The van der Waals surface area contributed by atoms with Gasteiger partial charge in [0.25, 0.3) is 0 Å². The minimum Gasteiger partial charge on any atom is -0.483 e. The quantitative estimate of drug-likeness (QED) is 0.553. The van der Waals surface area contributed by atoms with Crippen molar-refractivity contribution in [2.45, 2.75) is 50.9 Å². The summed E-state index contributed by atoms with van der Waals surface area (Å²) < 4.78 is 7.84. The Labute approximate surface area is 158 Å². The SMILES string of the molecule is C=CCn1c(SCC(=O)O)nnc1C(C)Oc1ccc(C(C)(C)C)cc1. The van der Waals surface area contributed by atoms with Gasteiger partial charge in [0.15, 0.2) is 17.1 Å². The van der Waals surface area contributed by atoms with Gasteiger partial charge < -0.3 is 9.84 Å². The molecule has 1 aromatic carbocycles. The Balaban J connectivity index is 2.16. The molecule has 26 heavy (non-hydrogen) atoms. The lowest BCUT2D eigenvalue weighted by molar-refractivity contribution is -0.133. The Bertz CT molecular complexity index is 763. The molecular formula is C19H25N3O3S. The van der Waals surface area contributed by atoms with Crippen molar-refractivity contribution in [1.82, 2.24) is 14.8 Å². The summed E-state index contributed by atoms with van der Waals surface area (Å²) >= 11 is 1.13. The number of thioether (sulfide) groups is 1. The molecule has 0 fully saturated rings. The van der Waals surface area contributed by atoms with Gasteiger partial charge in [0, 0.05) is 6.54 Å². The highest BCUT2D eigenvalue weighted by Crippen LogP contribution is 2.27. The van der Waals surface area contributed by atoms with Gasteiger partial charge in [0.2, 0.25) is 0 Å². The number of benzene rings is 1. The van der Waals surface area contributed by atoms with Crippen LogP contribution in [0.1, 0.15) is 45.2 Å². The third kappa shape index (κ3) is 5.11. The predicted octanol–water partition coefficient (Wildman–Crippen LogP) is 4.08. The third-order valence-corrected chi connectivity index (χ3v) is 4.73. The van der Waals surface area contributed by atoms with Crippen LogP contribution in [0.25, 0.3) is 0 Å². The highest BCUT2D eigenvalue weighted by molar-refractivity contribution is 7.99. The molecule has 0 radical (unpaired) electrons. The number of aromatic nitrogens is 3. The summed E-state index contributed by atoms with van der Waals surface area (Å²) in [6.07, 6.45) is 1.39. The molecule has 1 atom stereocenters. The molecule has 2 rings (SSSR count). The average molecular weight is 375 g/mol. The second-order valence-electron chi connectivity index (χ2n) is 6.96. The van der Waals surface area contributed by atoms with E-state index in [1.807, 2.05) is 23.6 Å². The maximum atomic E-state index is 10.8. The maximum Gasteiger partial charge on any atom is 0.313 e. The van der Waals surface area contributed by atoms with Gasteiger partial charge in [-0.05, 0) is 30.0 Å². The zero-order chi connectivity index (χ0) is 19.3. The fourth-order valence-electron chi connectivity index (χ4n) is 2.42. The van der Waals surface area contributed by atoms with Crippen LogP contribution < -0.4 is 4.74 Å². The van der Waals surface area contributed by atoms with E-state index >= 15 is 0 Å². The van der Waals surface area contributed by atoms with Crippen LogP contribution in [0.2, 0.25) is 0 Å². The van der Waals surface area contributed by atoms with Crippen LogP contribution in [0.15, 0.2) is 42.1 Å². The van der Waals surface area contributed by atoms with Crippen molar-refractivity contribution in [2.24, 2.45) is 0 Å². The lowest BCUT2D eigenvalue weighted by Gasteiger charge is -2.20. The molecular weight excluding hydrogens is 350 g/mol. The van der Waals surface area contributed by atoms with E-state index in [-0.39, 0.29) is 17.3 Å². The van der Waals surface area contributed by atoms with E-state index in [0.29, 0.717) is 17.5 Å². The number of carbonyl (C=O) groups is 1. The molecule has 0 aliphatic heterocycles. The Kier molecular flexibility index (Phi) is 6.47. The first-order valence-electron chi connectivity index (χ1n) is 8.38. The summed E-state index contributed by atoms with van der Waals surface area (Å²) in [5.74, 6) is 0.419. The van der Waals surface area contributed by atoms with Gasteiger partial charge in [-0.3, -0.25) is 9.36 Å². The highest BCUT2D eigenvalue weighted by Gasteiger charge is 2.20. The smallest absolute Gasteiger partial charge is 0.313 e. The largest absolute Gasteiger partial charge is 0.483 e. The number of hydrogen-bond acceptors (Lipinski definition) is 5. The zero-order valence-corrected chi connectivity index (χ0v) is 16.4. The number of carboxylic acids is 1. The summed E-state index contributed by atoms with van der Waals surface area (Å²) in [4.78, 5) is 10.8. The van der Waals surface area contributed by atoms with E-state index < -0.39 is 5.97 Å². The Hall–Kier alpha value is -2.28. The fourth-order valence-corrected chi connectivity index (χ4v) is 3.10. The van der Waals surface area contributed by atoms with Gasteiger partial charge >= 0.3 is 5.97 Å². The number of aliphatic carboxylic acids is 1. The molecule has 0 aliphatic carbocycles. The lowest BCUT2D eigenvalue weighted by atomic mass is 9.87. The van der Waals surface area contributed by atoms with Crippen LogP contribution in [-0.2, 0) is 16.8 Å². The molecule has 140 valence electrons. The molecule has 0 bridgehead atoms. The van der Waals surface area contributed by atoms with E-state index in [1.54, 1.807) is 6.08 Å². The van der Waals surface area contributed by atoms with Crippen molar-refractivity contribution in [3.63, 3.8) is 0 Å². The molecule has 6 nitrogen and oxygen atoms in total. The summed E-state index contributed by atoms with van der Waals surface area (Å²) in [6, 6.07) is 8.02. The lowest BCUT2D eigenvalue weighted by Crippen LogP contribution is -2.13. The monoisotopic (exact) mass is 375 g/mol. The van der Waals surface area contributed by atoms with Crippen LogP contribution in [0.5, 0.6) is 5.75 Å². The fraction of sp³-hybridized carbons (Fsp3) is 0.421. The second-order valence-corrected chi connectivity index (χ2v) is 7.90. The van der Waals surface area contributed by atoms with Crippen molar-refractivity contribution in [3.05, 3.63) is 48.3 Å². The Morgan fingerprint density at radius 3 is 2.54 bits per heavy atom. The minimum absolute atomic E-state index is 0.0707. The number of nitrogens with zero attached hydrogens (tertiary/aromatic N) is 3. The van der Waals surface area contributed by atoms with E-state index in [0.717, 1.165) is 17.5 Å². The van der Waals surface area contributed by atoms with Gasteiger partial charge in [-0.1, -0.05) is 50.7 Å². The highest BCUT2D eigenvalue weighted by atomic mass is 32.2. The van der Waals surface area contributed by atoms with Crippen molar-refractivity contribution in [2.75, 3.05) is 5.75 Å². The number of allylic oxidation sites excluding steroid dienone is 1. The summed E-state index contributed by atoms with van der Waals surface area (Å²) in [5.41, 5.74) is 1.32. The summed E-state index contributed by atoms with van der Waals surface area (Å²) in [7, 11) is 0. The molecule has 1 aromatic heterocycles. The molecule has 1 heterocycles. The Morgan fingerprint density at radius 1 is 1.35 bits per heavy atom. The van der Waals surface area contributed by atoms with E-state index in [4.69, 9.17) is 9.84 Å². The maximum absolute atomic E-state index is 10.8. The summed E-state index contributed by atoms with van der Waals surface area (Å²) in [5, 5.41) is 17.7. The molecule has 2 aromatic rings. The van der Waals surface area contributed by atoms with Crippen LogP contribution in [-0.4, -0.2) is 31.6 Å². The number of ether oxygens (including phenoxy) is 1. The van der Waals surface area contributed by atoms with Gasteiger partial charge in [-0.15, -0.1) is 16.8 Å². The van der Waals surface area contributed by atoms with Gasteiger partial charge in [-0.25, -0.2) is 0 Å². The zero-order valence-electron chi connectivity index (χ0n) is 15.6. The second kappa shape index (κ2) is 8.40. The van der Waals surface area contributed by atoms with Crippen molar-refractivity contribution < 1.29 is 14.6 Å². The van der Waals surface area contributed by atoms with Gasteiger partial charge in [0.1, 0.15) is 5.75 Å². The first-order valence-corrected chi connectivity index (χ1v) is 9.36. The van der Waals surface area contributed by atoms with Crippen LogP contribution in [0.4, 0.5) is 0 Å². The molecule has 7 heteroatoms. The van der Waals surface area contributed by atoms with E-state index in [1.165, 1.54) is 5.56 Å². The van der Waals surface area contributed by atoms with Crippen LogP contribution in [0, 0.1) is 0 Å². The van der Waals surface area contributed by atoms with Crippen molar-refractivity contribution >= 4 is 17.7 Å². The van der Waals surface area contributed by atoms with Crippen LogP contribution >= 0.6 is 11.8 Å². The van der Waals surface area contributed by atoms with Crippen LogP contribution in [0.3, 0.4) is 0 Å². The molecule has 0 saturated carbocycles. The van der Waals surface area contributed by atoms with E-state index in [9.17, 15) is 4.79 Å². The standard InChI is InChI=1S/C19H25N3O3S/c1-6-11-22-17(20-21-18(22)26-12-16(23)24)13(2)25-15-9-7-14(8-10-15)19(3,4)5/h6-10,13H,1,11-12H2,2-5H3,(H,23,24). The summed E-state index contributed by atoms with van der Waals surface area (Å²) in [6.45, 7) is 12.6. The molecule has 0 saturated heterocycles. The molecule has 1 unspecified atom stereocenters. The average Bonchev–Trinajstić information content (AvgIpc) is 2.96.